The van der Waals surface area contributed by atoms with Crippen molar-refractivity contribution in [2.45, 2.75) is 18.6 Å². The molecule has 0 aromatic carbocycles. The predicted octanol–water partition coefficient (Wildman–Crippen LogP) is 2.86. The number of nitrogens with zero attached hydrogens (tertiary/aromatic N) is 3. The van der Waals surface area contributed by atoms with Crippen LogP contribution in [-0.4, -0.2) is 35.3 Å². The molecule has 0 aliphatic rings. The molecule has 0 unspecified atom stereocenters. The summed E-state index contributed by atoms with van der Waals surface area (Å²) in [6.07, 6.45) is -4.53. The van der Waals surface area contributed by atoms with Gasteiger partial charge in [-0.3, -0.25) is 4.68 Å². The van der Waals surface area contributed by atoms with Gasteiger partial charge in [0.05, 0.1) is 12.4 Å². The molecule has 1 heterocycles. The summed E-state index contributed by atoms with van der Waals surface area (Å²) in [6, 6.07) is 0. The zero-order valence-electron chi connectivity index (χ0n) is 9.35. The van der Waals surface area contributed by atoms with E-state index in [2.05, 4.69) is 5.10 Å². The molecule has 0 atom stereocenters. The summed E-state index contributed by atoms with van der Waals surface area (Å²) >= 11 is 11.3. The molecular weight excluding hydrogens is 278 g/mol. The Morgan fingerprint density at radius 3 is 2.29 bits per heavy atom. The molecule has 3 nitrogen and oxygen atoms in total. The Morgan fingerprint density at radius 1 is 1.35 bits per heavy atom. The van der Waals surface area contributed by atoms with Crippen molar-refractivity contribution in [3.8, 4) is 0 Å². The molecule has 1 aromatic rings. The van der Waals surface area contributed by atoms with Gasteiger partial charge in [0, 0.05) is 12.1 Å². The minimum atomic E-state index is -4.53. The summed E-state index contributed by atoms with van der Waals surface area (Å²) in [5.74, 6) is -0.310. The first-order valence-electron chi connectivity index (χ1n) is 4.80. The van der Waals surface area contributed by atoms with E-state index in [4.69, 9.17) is 23.2 Å². The van der Waals surface area contributed by atoms with Crippen molar-refractivity contribution in [3.05, 3.63) is 16.4 Å². The smallest absolute Gasteiger partial charge is 0.308 e. The number of aromatic nitrogens is 2. The Morgan fingerprint density at radius 2 is 1.94 bits per heavy atom. The molecule has 98 valence electrons. The van der Waals surface area contributed by atoms with Crippen LogP contribution in [0.1, 0.15) is 11.3 Å². The SMILES string of the molecule is CN(C)CCn1nc(C(F)(F)F)c(CCl)c1Cl. The van der Waals surface area contributed by atoms with E-state index in [1.165, 1.54) is 0 Å². The molecule has 0 N–H and O–H groups in total. The molecule has 0 radical (unpaired) electrons. The number of alkyl halides is 4. The highest BCUT2D eigenvalue weighted by atomic mass is 35.5. The molecule has 1 aromatic heterocycles. The molecule has 1 rings (SSSR count). The van der Waals surface area contributed by atoms with Gasteiger partial charge in [0.2, 0.25) is 0 Å². The van der Waals surface area contributed by atoms with Gasteiger partial charge in [-0.1, -0.05) is 11.6 Å². The van der Waals surface area contributed by atoms with Crippen molar-refractivity contribution in [1.82, 2.24) is 14.7 Å². The second-order valence-electron chi connectivity index (χ2n) is 3.78. The first kappa shape index (κ1) is 14.6. The van der Waals surface area contributed by atoms with Gasteiger partial charge in [0.25, 0.3) is 0 Å². The number of rotatable bonds is 4. The second-order valence-corrected chi connectivity index (χ2v) is 4.40. The summed E-state index contributed by atoms with van der Waals surface area (Å²) in [5.41, 5.74) is -1.17. The third-order valence-electron chi connectivity index (χ3n) is 2.14. The predicted molar refractivity (Wildman–Crippen MR) is 60.4 cm³/mol. The molecule has 8 heteroatoms. The summed E-state index contributed by atoms with van der Waals surface area (Å²) < 4.78 is 39.0. The third kappa shape index (κ3) is 3.50. The zero-order chi connectivity index (χ0) is 13.2. The fourth-order valence-electron chi connectivity index (χ4n) is 1.27. The minimum absolute atomic E-state index is 0.0471. The van der Waals surface area contributed by atoms with Crippen molar-refractivity contribution >= 4 is 23.2 Å². The van der Waals surface area contributed by atoms with Crippen LogP contribution in [0.25, 0.3) is 0 Å². The molecule has 0 bridgehead atoms. The average molecular weight is 290 g/mol. The highest BCUT2D eigenvalue weighted by molar-refractivity contribution is 6.31. The zero-order valence-corrected chi connectivity index (χ0v) is 10.9. The molecule has 0 amide bonds. The van der Waals surface area contributed by atoms with E-state index in [1.807, 2.05) is 19.0 Å². The lowest BCUT2D eigenvalue weighted by Gasteiger charge is -2.09. The Labute approximate surface area is 107 Å². The van der Waals surface area contributed by atoms with Crippen molar-refractivity contribution in [2.24, 2.45) is 0 Å². The topological polar surface area (TPSA) is 21.1 Å². The Hall–Kier alpha value is -0.460. The second kappa shape index (κ2) is 5.46. The highest BCUT2D eigenvalue weighted by Gasteiger charge is 2.38. The van der Waals surface area contributed by atoms with Crippen LogP contribution in [0.4, 0.5) is 13.2 Å². The normalized spacial score (nSPS) is 12.5. The van der Waals surface area contributed by atoms with Crippen LogP contribution in [0, 0.1) is 0 Å². The fourth-order valence-corrected chi connectivity index (χ4v) is 1.87. The summed E-state index contributed by atoms with van der Waals surface area (Å²) in [5, 5.41) is 3.43. The third-order valence-corrected chi connectivity index (χ3v) is 2.83. The van der Waals surface area contributed by atoms with Gasteiger partial charge in [-0.25, -0.2) is 0 Å². The summed E-state index contributed by atoms with van der Waals surface area (Å²) in [4.78, 5) is 1.83. The van der Waals surface area contributed by atoms with E-state index in [0.29, 0.717) is 6.54 Å². The maximum absolute atomic E-state index is 12.6. The maximum atomic E-state index is 12.6. The van der Waals surface area contributed by atoms with Crippen molar-refractivity contribution in [1.29, 1.82) is 0 Å². The van der Waals surface area contributed by atoms with E-state index in [0.717, 1.165) is 4.68 Å². The Kier molecular flexibility index (Phi) is 4.69. The van der Waals surface area contributed by atoms with Gasteiger partial charge in [-0.05, 0) is 14.1 Å². The van der Waals surface area contributed by atoms with Crippen LogP contribution >= 0.6 is 23.2 Å². The van der Waals surface area contributed by atoms with Crippen LogP contribution in [0.3, 0.4) is 0 Å². The highest BCUT2D eigenvalue weighted by Crippen LogP contribution is 2.35. The number of halogens is 5. The summed E-state index contributed by atoms with van der Waals surface area (Å²) in [6.45, 7) is 0.826. The van der Waals surface area contributed by atoms with E-state index < -0.39 is 11.9 Å². The summed E-state index contributed by atoms with van der Waals surface area (Å²) in [7, 11) is 3.62. The molecule has 0 saturated heterocycles. The van der Waals surface area contributed by atoms with Crippen LogP contribution in [0.15, 0.2) is 0 Å². The molecule has 0 aliphatic heterocycles. The van der Waals surface area contributed by atoms with Crippen molar-refractivity contribution < 1.29 is 13.2 Å². The standard InChI is InChI=1S/C9H12Cl2F3N3/c1-16(2)3-4-17-8(11)6(5-10)7(15-17)9(12,13)14/h3-5H2,1-2H3. The van der Waals surface area contributed by atoms with Crippen molar-refractivity contribution in [3.63, 3.8) is 0 Å². The minimum Gasteiger partial charge on any atom is -0.308 e. The van der Waals surface area contributed by atoms with Crippen molar-refractivity contribution in [2.75, 3.05) is 20.6 Å². The molecule has 0 spiro atoms. The molecule has 0 aliphatic carbocycles. The van der Waals surface area contributed by atoms with E-state index >= 15 is 0 Å². The molecule has 17 heavy (non-hydrogen) atoms. The van der Waals surface area contributed by atoms with Crippen LogP contribution < -0.4 is 0 Å². The largest absolute Gasteiger partial charge is 0.435 e. The first-order valence-corrected chi connectivity index (χ1v) is 5.71. The van der Waals surface area contributed by atoms with E-state index in [9.17, 15) is 13.2 Å². The van der Waals surface area contributed by atoms with Crippen LogP contribution in [0.2, 0.25) is 5.15 Å². The average Bonchev–Trinajstić information content (AvgIpc) is 2.51. The fraction of sp³-hybridized carbons (Fsp3) is 0.667. The van der Waals surface area contributed by atoms with E-state index in [1.54, 1.807) is 0 Å². The number of likely N-dealkylation sites (N-methyl/N-ethyl adjacent to an activating group) is 1. The lowest BCUT2D eigenvalue weighted by Crippen LogP contribution is -2.19. The number of hydrogen-bond acceptors (Lipinski definition) is 2. The van der Waals surface area contributed by atoms with Gasteiger partial charge >= 0.3 is 6.18 Å². The molecule has 0 fully saturated rings. The Bertz CT molecular complexity index is 388. The van der Waals surface area contributed by atoms with Gasteiger partial charge in [0.1, 0.15) is 5.15 Å². The quantitative estimate of drug-likeness (QED) is 0.795. The van der Waals surface area contributed by atoms with Gasteiger partial charge in [0.15, 0.2) is 5.69 Å². The monoisotopic (exact) mass is 289 g/mol. The van der Waals surface area contributed by atoms with Crippen LogP contribution in [0.5, 0.6) is 0 Å². The maximum Gasteiger partial charge on any atom is 0.435 e. The van der Waals surface area contributed by atoms with Crippen LogP contribution in [-0.2, 0) is 18.6 Å². The van der Waals surface area contributed by atoms with Gasteiger partial charge in [-0.2, -0.15) is 18.3 Å². The van der Waals surface area contributed by atoms with Gasteiger partial charge < -0.3 is 4.90 Å². The van der Waals surface area contributed by atoms with E-state index in [-0.39, 0.29) is 23.1 Å². The van der Waals surface area contributed by atoms with Gasteiger partial charge in [-0.15, -0.1) is 11.6 Å². The number of hydrogen-bond donors (Lipinski definition) is 0. The molecular formula is C9H12Cl2F3N3. The molecule has 0 saturated carbocycles. The Balaban J connectivity index is 3.05. The first-order chi connectivity index (χ1) is 7.77. The lowest BCUT2D eigenvalue weighted by molar-refractivity contribution is -0.142. The lowest BCUT2D eigenvalue weighted by atomic mass is 10.3.